The summed E-state index contributed by atoms with van der Waals surface area (Å²) < 4.78 is 48.2. The van der Waals surface area contributed by atoms with E-state index in [-0.39, 0.29) is 4.88 Å². The van der Waals surface area contributed by atoms with E-state index >= 15 is 0 Å². The number of carbonyl (C=O) groups excluding carboxylic acids is 1. The minimum atomic E-state index is -4.76. The van der Waals surface area contributed by atoms with Crippen LogP contribution in [0, 0.1) is 0 Å². The number of sulfone groups is 1. The normalized spacial score (nSPS) is 16.9. The molecular formula is C12H17F2N3O3S2. The molecule has 0 saturated carbocycles. The molecule has 2 heterocycles. The zero-order valence-corrected chi connectivity index (χ0v) is 13.4. The van der Waals surface area contributed by atoms with Gasteiger partial charge in [-0.15, -0.1) is 11.3 Å². The fourth-order valence-corrected chi connectivity index (χ4v) is 4.21. The molecule has 0 radical (unpaired) electrons. The number of carbonyl (C=O) groups is 1. The Balaban J connectivity index is 1.94. The monoisotopic (exact) mass is 353 g/mol. The van der Waals surface area contributed by atoms with Gasteiger partial charge in [-0.05, 0) is 11.4 Å². The second-order valence-corrected chi connectivity index (χ2v) is 7.57. The first-order chi connectivity index (χ1) is 10.4. The molecule has 0 aliphatic carbocycles. The van der Waals surface area contributed by atoms with Crippen LogP contribution in [-0.4, -0.2) is 64.3 Å². The van der Waals surface area contributed by atoms with E-state index in [1.807, 2.05) is 0 Å². The second kappa shape index (κ2) is 7.44. The summed E-state index contributed by atoms with van der Waals surface area (Å²) in [6, 6.07) is 1.04. The fourth-order valence-electron chi connectivity index (χ4n) is 2.13. The Morgan fingerprint density at radius 1 is 1.41 bits per heavy atom. The summed E-state index contributed by atoms with van der Waals surface area (Å²) in [4.78, 5) is 13.4. The first-order valence-electron chi connectivity index (χ1n) is 6.73. The summed E-state index contributed by atoms with van der Waals surface area (Å²) in [5, 5.41) is 7.11. The van der Waals surface area contributed by atoms with E-state index in [4.69, 9.17) is 0 Å². The molecule has 22 heavy (non-hydrogen) atoms. The average molecular weight is 353 g/mol. The van der Waals surface area contributed by atoms with E-state index in [0.29, 0.717) is 13.1 Å². The lowest BCUT2D eigenvalue weighted by molar-refractivity contribution is 0.0948. The molecular weight excluding hydrogens is 336 g/mol. The fraction of sp³-hybridized carbons (Fsp3) is 0.583. The van der Waals surface area contributed by atoms with Crippen LogP contribution in [0.1, 0.15) is 9.67 Å². The number of thiophene rings is 1. The van der Waals surface area contributed by atoms with Gasteiger partial charge in [0.25, 0.3) is 5.91 Å². The lowest BCUT2D eigenvalue weighted by atomic mass is 10.3. The van der Waals surface area contributed by atoms with Gasteiger partial charge in [0.15, 0.2) is 0 Å². The molecule has 2 rings (SSSR count). The highest BCUT2D eigenvalue weighted by molar-refractivity contribution is 7.92. The Morgan fingerprint density at radius 2 is 2.09 bits per heavy atom. The zero-order chi connectivity index (χ0) is 16.2. The van der Waals surface area contributed by atoms with Gasteiger partial charge in [0.2, 0.25) is 9.84 Å². The first-order valence-corrected chi connectivity index (χ1v) is 9.16. The quantitative estimate of drug-likeness (QED) is 0.773. The number of piperazine rings is 1. The van der Waals surface area contributed by atoms with E-state index in [1.54, 1.807) is 0 Å². The van der Waals surface area contributed by atoms with Crippen molar-refractivity contribution in [3.05, 3.63) is 16.3 Å². The SMILES string of the molecule is O=C(NCCN1CCNCC1)c1sccc1S(=O)(=O)C(F)F. The van der Waals surface area contributed by atoms with Gasteiger partial charge in [-0.25, -0.2) is 8.42 Å². The van der Waals surface area contributed by atoms with Crippen molar-refractivity contribution in [2.45, 2.75) is 10.7 Å². The summed E-state index contributed by atoms with van der Waals surface area (Å²) in [7, 11) is -4.76. The van der Waals surface area contributed by atoms with E-state index in [1.165, 1.54) is 5.38 Å². The van der Waals surface area contributed by atoms with Crippen molar-refractivity contribution >= 4 is 27.1 Å². The van der Waals surface area contributed by atoms with Crippen LogP contribution in [0.4, 0.5) is 8.78 Å². The van der Waals surface area contributed by atoms with Gasteiger partial charge in [0.05, 0.1) is 4.90 Å². The van der Waals surface area contributed by atoms with Gasteiger partial charge >= 0.3 is 5.76 Å². The molecule has 1 aliphatic heterocycles. The Morgan fingerprint density at radius 3 is 2.73 bits per heavy atom. The van der Waals surface area contributed by atoms with Crippen LogP contribution < -0.4 is 10.6 Å². The van der Waals surface area contributed by atoms with E-state index < -0.39 is 26.4 Å². The van der Waals surface area contributed by atoms with Crippen LogP contribution in [0.2, 0.25) is 0 Å². The predicted octanol–water partition coefficient (Wildman–Crippen LogP) is 0.379. The highest BCUT2D eigenvalue weighted by Gasteiger charge is 2.32. The lowest BCUT2D eigenvalue weighted by Crippen LogP contribution is -2.46. The highest BCUT2D eigenvalue weighted by Crippen LogP contribution is 2.26. The molecule has 1 aromatic rings. The Labute approximate surface area is 131 Å². The molecule has 124 valence electrons. The predicted molar refractivity (Wildman–Crippen MR) is 79.2 cm³/mol. The number of nitrogens with one attached hydrogen (secondary N) is 2. The number of hydrogen-bond acceptors (Lipinski definition) is 6. The number of hydrogen-bond donors (Lipinski definition) is 2. The Bertz CT molecular complexity index is 613. The van der Waals surface area contributed by atoms with Gasteiger partial charge in [-0.1, -0.05) is 0 Å². The molecule has 1 saturated heterocycles. The maximum absolute atomic E-state index is 12.6. The summed E-state index contributed by atoms with van der Waals surface area (Å²) in [6.07, 6.45) is 0. The summed E-state index contributed by atoms with van der Waals surface area (Å²) >= 11 is 0.840. The van der Waals surface area contributed by atoms with Crippen molar-refractivity contribution in [1.82, 2.24) is 15.5 Å². The molecule has 0 unspecified atom stereocenters. The third-order valence-electron chi connectivity index (χ3n) is 3.30. The van der Waals surface area contributed by atoms with Gasteiger partial charge in [0.1, 0.15) is 4.88 Å². The van der Waals surface area contributed by atoms with Crippen molar-refractivity contribution < 1.29 is 22.0 Å². The third-order valence-corrected chi connectivity index (χ3v) is 5.76. The van der Waals surface area contributed by atoms with Gasteiger partial charge in [-0.2, -0.15) is 8.78 Å². The van der Waals surface area contributed by atoms with Crippen molar-refractivity contribution in [1.29, 1.82) is 0 Å². The van der Waals surface area contributed by atoms with E-state index in [9.17, 15) is 22.0 Å². The molecule has 6 nitrogen and oxygen atoms in total. The van der Waals surface area contributed by atoms with Crippen molar-refractivity contribution in [3.8, 4) is 0 Å². The zero-order valence-electron chi connectivity index (χ0n) is 11.7. The van der Waals surface area contributed by atoms with Gasteiger partial charge < -0.3 is 10.6 Å². The van der Waals surface area contributed by atoms with Crippen LogP contribution in [0.3, 0.4) is 0 Å². The molecule has 2 N–H and O–H groups in total. The Hall–Kier alpha value is -1.10. The number of nitrogens with zero attached hydrogens (tertiary/aromatic N) is 1. The number of amides is 1. The van der Waals surface area contributed by atoms with E-state index in [0.717, 1.165) is 43.6 Å². The molecule has 0 spiro atoms. The Kier molecular flexibility index (Phi) is 5.84. The van der Waals surface area contributed by atoms with Crippen LogP contribution in [0.25, 0.3) is 0 Å². The molecule has 1 fully saturated rings. The summed E-state index contributed by atoms with van der Waals surface area (Å²) in [6.45, 7) is 4.49. The van der Waals surface area contributed by atoms with Crippen molar-refractivity contribution in [2.75, 3.05) is 39.3 Å². The summed E-state index contributed by atoms with van der Waals surface area (Å²) in [5.74, 6) is -4.17. The molecule has 0 atom stereocenters. The maximum Gasteiger partial charge on any atom is 0.341 e. The molecule has 10 heteroatoms. The topological polar surface area (TPSA) is 78.5 Å². The second-order valence-electron chi connectivity index (χ2n) is 4.77. The average Bonchev–Trinajstić information content (AvgIpc) is 2.98. The number of alkyl halides is 2. The number of rotatable bonds is 6. The minimum Gasteiger partial charge on any atom is -0.350 e. The van der Waals surface area contributed by atoms with Gasteiger partial charge in [0, 0.05) is 39.3 Å². The van der Waals surface area contributed by atoms with Crippen LogP contribution in [0.15, 0.2) is 16.3 Å². The maximum atomic E-state index is 12.6. The van der Waals surface area contributed by atoms with Crippen LogP contribution >= 0.6 is 11.3 Å². The lowest BCUT2D eigenvalue weighted by Gasteiger charge is -2.27. The minimum absolute atomic E-state index is 0.194. The third kappa shape index (κ3) is 4.00. The summed E-state index contributed by atoms with van der Waals surface area (Å²) in [5.41, 5.74) is 0. The van der Waals surface area contributed by atoms with Crippen molar-refractivity contribution in [2.24, 2.45) is 0 Å². The standard InChI is InChI=1S/C12H17F2N3O3S2/c13-12(14)22(19,20)9-1-8-21-10(9)11(18)16-4-7-17-5-2-15-3-6-17/h1,8,12,15H,2-7H2,(H,16,18). The largest absolute Gasteiger partial charge is 0.350 e. The van der Waals surface area contributed by atoms with Crippen molar-refractivity contribution in [3.63, 3.8) is 0 Å². The smallest absolute Gasteiger partial charge is 0.341 e. The molecule has 1 aliphatic rings. The number of halogens is 2. The highest BCUT2D eigenvalue weighted by atomic mass is 32.2. The first kappa shape index (κ1) is 17.3. The van der Waals surface area contributed by atoms with Gasteiger partial charge in [-0.3, -0.25) is 9.69 Å². The molecule has 0 aromatic carbocycles. The molecule has 1 amide bonds. The molecule has 0 bridgehead atoms. The van der Waals surface area contributed by atoms with Crippen LogP contribution in [-0.2, 0) is 9.84 Å². The van der Waals surface area contributed by atoms with E-state index in [2.05, 4.69) is 15.5 Å². The van der Waals surface area contributed by atoms with Crippen LogP contribution in [0.5, 0.6) is 0 Å². The molecule has 1 aromatic heterocycles.